The molecule has 0 aromatic carbocycles. The van der Waals surface area contributed by atoms with Crippen LogP contribution in [0.15, 0.2) is 4.99 Å². The Kier molecular flexibility index (Phi) is 10.3. The lowest BCUT2D eigenvalue weighted by Crippen LogP contribution is -2.53. The molecule has 8 heteroatoms. The van der Waals surface area contributed by atoms with Gasteiger partial charge < -0.3 is 15.5 Å². The Hall–Kier alpha value is -0.220. The first-order chi connectivity index (χ1) is 13.5. The van der Waals surface area contributed by atoms with Gasteiger partial charge in [0.05, 0.1) is 6.54 Å². The molecular formula is C21H40IN5OS. The average Bonchev–Trinajstić information content (AvgIpc) is 3.37. The Bertz CT molecular complexity index is 547. The molecule has 0 aromatic rings. The second-order valence-corrected chi connectivity index (χ2v) is 10.0. The first-order valence-electron chi connectivity index (χ1n) is 11.2. The van der Waals surface area contributed by atoms with Gasteiger partial charge in [0, 0.05) is 61.7 Å². The molecule has 1 amide bonds. The second kappa shape index (κ2) is 12.0. The number of aliphatic imine (C=N–C) groups is 1. The Balaban J connectivity index is 0.00000300. The number of likely N-dealkylation sites (tertiary alicyclic amines) is 1. The molecule has 1 saturated carbocycles. The lowest BCUT2D eigenvalue weighted by molar-refractivity contribution is -0.133. The summed E-state index contributed by atoms with van der Waals surface area (Å²) in [5, 5.41) is 7.04. The van der Waals surface area contributed by atoms with Crippen LogP contribution in [-0.2, 0) is 4.79 Å². The highest BCUT2D eigenvalue weighted by Gasteiger charge is 2.40. The largest absolute Gasteiger partial charge is 0.357 e. The number of carbonyl (C=O) groups is 1. The molecule has 6 nitrogen and oxygen atoms in total. The molecule has 3 rings (SSSR count). The average molecular weight is 538 g/mol. The number of halogens is 1. The molecule has 0 spiro atoms. The van der Waals surface area contributed by atoms with Crippen LogP contribution in [0, 0.1) is 5.92 Å². The molecule has 1 atom stereocenters. The molecule has 2 aliphatic heterocycles. The summed E-state index contributed by atoms with van der Waals surface area (Å²) in [6.07, 6.45) is 6.22. The van der Waals surface area contributed by atoms with Crippen LogP contribution in [0.5, 0.6) is 0 Å². The number of nitrogens with zero attached hydrogens (tertiary/aromatic N) is 3. The molecule has 3 fully saturated rings. The Labute approximate surface area is 198 Å². The van der Waals surface area contributed by atoms with Crippen molar-refractivity contribution in [2.24, 2.45) is 10.9 Å². The van der Waals surface area contributed by atoms with Crippen LogP contribution in [0.3, 0.4) is 0 Å². The minimum absolute atomic E-state index is 0. The number of hydrogen-bond donors (Lipinski definition) is 2. The fourth-order valence-electron chi connectivity index (χ4n) is 4.83. The standard InChI is InChI=1S/C21H39N5OS.HI/c1-4-22-20(24-18-7-10-25(15-18)19(27)17(2)3)23-16-21(8-5-6-9-21)26-11-13-28-14-12-26;/h17-18H,4-16H2,1-3H3,(H2,22,23,24);1H. The van der Waals surface area contributed by atoms with Gasteiger partial charge in [-0.1, -0.05) is 26.7 Å². The van der Waals surface area contributed by atoms with Crippen LogP contribution >= 0.6 is 35.7 Å². The minimum Gasteiger partial charge on any atom is -0.357 e. The Morgan fingerprint density at radius 2 is 1.90 bits per heavy atom. The highest BCUT2D eigenvalue weighted by Crippen LogP contribution is 2.37. The van der Waals surface area contributed by atoms with Crippen LogP contribution < -0.4 is 10.6 Å². The number of carbonyl (C=O) groups excluding carboxylic acids is 1. The molecule has 0 radical (unpaired) electrons. The highest BCUT2D eigenvalue weighted by atomic mass is 127. The third-order valence-electron chi connectivity index (χ3n) is 6.43. The summed E-state index contributed by atoms with van der Waals surface area (Å²) < 4.78 is 0. The maximum Gasteiger partial charge on any atom is 0.225 e. The molecule has 29 heavy (non-hydrogen) atoms. The van der Waals surface area contributed by atoms with E-state index in [4.69, 9.17) is 4.99 Å². The van der Waals surface area contributed by atoms with Crippen LogP contribution in [0.4, 0.5) is 0 Å². The van der Waals surface area contributed by atoms with Crippen molar-refractivity contribution in [3.8, 4) is 0 Å². The summed E-state index contributed by atoms with van der Waals surface area (Å²) in [6, 6.07) is 0.298. The van der Waals surface area contributed by atoms with E-state index >= 15 is 0 Å². The smallest absolute Gasteiger partial charge is 0.225 e. The maximum absolute atomic E-state index is 12.3. The number of guanidine groups is 1. The summed E-state index contributed by atoms with van der Waals surface area (Å²) in [5.74, 6) is 3.77. The van der Waals surface area contributed by atoms with Crippen LogP contribution in [-0.4, -0.2) is 84.0 Å². The van der Waals surface area contributed by atoms with Gasteiger partial charge in [-0.2, -0.15) is 11.8 Å². The van der Waals surface area contributed by atoms with Crippen LogP contribution in [0.25, 0.3) is 0 Å². The van der Waals surface area contributed by atoms with Crippen molar-refractivity contribution in [2.75, 3.05) is 50.8 Å². The van der Waals surface area contributed by atoms with Gasteiger partial charge in [-0.3, -0.25) is 14.7 Å². The van der Waals surface area contributed by atoms with Crippen LogP contribution in [0.2, 0.25) is 0 Å². The molecule has 0 aromatic heterocycles. The molecule has 2 saturated heterocycles. The number of rotatable bonds is 6. The monoisotopic (exact) mass is 537 g/mol. The van der Waals surface area contributed by atoms with Crippen molar-refractivity contribution >= 4 is 47.6 Å². The van der Waals surface area contributed by atoms with Gasteiger partial charge in [0.2, 0.25) is 5.91 Å². The fraction of sp³-hybridized carbons (Fsp3) is 0.905. The third-order valence-corrected chi connectivity index (χ3v) is 7.37. The molecule has 3 aliphatic rings. The maximum atomic E-state index is 12.3. The van der Waals surface area contributed by atoms with E-state index in [1.807, 2.05) is 18.7 Å². The van der Waals surface area contributed by atoms with E-state index < -0.39 is 0 Å². The lowest BCUT2D eigenvalue weighted by Gasteiger charge is -2.42. The zero-order valence-electron chi connectivity index (χ0n) is 18.4. The first-order valence-corrected chi connectivity index (χ1v) is 12.4. The number of nitrogens with one attached hydrogen (secondary N) is 2. The van der Waals surface area contributed by atoms with Crippen molar-refractivity contribution in [1.82, 2.24) is 20.4 Å². The quantitative estimate of drug-likeness (QED) is 0.310. The summed E-state index contributed by atoms with van der Waals surface area (Å²) in [5.41, 5.74) is 0.263. The molecular weight excluding hydrogens is 497 g/mol. The lowest BCUT2D eigenvalue weighted by atomic mass is 9.95. The summed E-state index contributed by atoms with van der Waals surface area (Å²) in [7, 11) is 0. The first kappa shape index (κ1) is 25.0. The minimum atomic E-state index is 0. The zero-order chi connectivity index (χ0) is 20.0. The van der Waals surface area contributed by atoms with Crippen molar-refractivity contribution in [3.63, 3.8) is 0 Å². The van der Waals surface area contributed by atoms with Gasteiger partial charge in [0.25, 0.3) is 0 Å². The molecule has 0 bridgehead atoms. The molecule has 1 aliphatic carbocycles. The van der Waals surface area contributed by atoms with Crippen molar-refractivity contribution in [3.05, 3.63) is 0 Å². The number of amides is 1. The van der Waals surface area contributed by atoms with Gasteiger partial charge in [-0.15, -0.1) is 24.0 Å². The predicted octanol–water partition coefficient (Wildman–Crippen LogP) is 2.78. The number of hydrogen-bond acceptors (Lipinski definition) is 4. The summed E-state index contributed by atoms with van der Waals surface area (Å²) in [4.78, 5) is 22.0. The van der Waals surface area contributed by atoms with E-state index in [0.717, 1.165) is 38.6 Å². The molecule has 2 N–H and O–H groups in total. The zero-order valence-corrected chi connectivity index (χ0v) is 21.6. The summed E-state index contributed by atoms with van der Waals surface area (Å²) in [6.45, 7) is 11.9. The molecule has 1 unspecified atom stereocenters. The van der Waals surface area contributed by atoms with Crippen LogP contribution in [0.1, 0.15) is 52.9 Å². The second-order valence-electron chi connectivity index (χ2n) is 8.79. The van der Waals surface area contributed by atoms with Gasteiger partial charge in [0.15, 0.2) is 5.96 Å². The van der Waals surface area contributed by atoms with Gasteiger partial charge in [-0.25, -0.2) is 0 Å². The number of thioether (sulfide) groups is 1. The highest BCUT2D eigenvalue weighted by molar-refractivity contribution is 14.0. The third kappa shape index (κ3) is 6.63. The van der Waals surface area contributed by atoms with Crippen molar-refractivity contribution in [1.29, 1.82) is 0 Å². The van der Waals surface area contributed by atoms with E-state index in [-0.39, 0.29) is 41.3 Å². The topological polar surface area (TPSA) is 60.0 Å². The Morgan fingerprint density at radius 1 is 1.21 bits per heavy atom. The van der Waals surface area contributed by atoms with E-state index in [1.165, 1.54) is 50.3 Å². The van der Waals surface area contributed by atoms with Gasteiger partial charge in [-0.05, 0) is 26.2 Å². The van der Waals surface area contributed by atoms with Crippen molar-refractivity contribution in [2.45, 2.75) is 64.5 Å². The summed E-state index contributed by atoms with van der Waals surface area (Å²) >= 11 is 2.08. The van der Waals surface area contributed by atoms with E-state index in [1.54, 1.807) is 0 Å². The van der Waals surface area contributed by atoms with E-state index in [2.05, 4.69) is 34.2 Å². The normalized spacial score (nSPS) is 25.2. The fourth-order valence-corrected chi connectivity index (χ4v) is 5.73. The van der Waals surface area contributed by atoms with E-state index in [0.29, 0.717) is 6.04 Å². The van der Waals surface area contributed by atoms with Gasteiger partial charge >= 0.3 is 0 Å². The van der Waals surface area contributed by atoms with E-state index in [9.17, 15) is 4.79 Å². The van der Waals surface area contributed by atoms with Gasteiger partial charge in [0.1, 0.15) is 0 Å². The predicted molar refractivity (Wildman–Crippen MR) is 134 cm³/mol. The molecule has 168 valence electrons. The molecule has 2 heterocycles. The SMILES string of the molecule is CCNC(=NCC1(N2CCSCC2)CCCC1)NC1CCN(C(=O)C(C)C)C1.I. The Morgan fingerprint density at radius 3 is 2.52 bits per heavy atom. The van der Waals surface area contributed by atoms with Crippen molar-refractivity contribution < 1.29 is 4.79 Å².